The van der Waals surface area contributed by atoms with Crippen molar-refractivity contribution in [2.75, 3.05) is 12.3 Å². The highest BCUT2D eigenvalue weighted by molar-refractivity contribution is 7.79. The zero-order valence-corrected chi connectivity index (χ0v) is 5.28. The smallest absolute Gasteiger partial charge is 0.154 e. The monoisotopic (exact) mass is 135 g/mol. The highest BCUT2D eigenvalue weighted by Gasteiger charge is 2.17. The standard InChI is InChI=1S/C4H9NO2S/c6-8(7)3-4-1-2-5-4/h4-5H,1-3H2,(H,6,7). The van der Waals surface area contributed by atoms with Crippen molar-refractivity contribution < 1.29 is 8.76 Å². The lowest BCUT2D eigenvalue weighted by Crippen LogP contribution is -2.46. The number of hydrogen-bond acceptors (Lipinski definition) is 2. The van der Waals surface area contributed by atoms with Crippen LogP contribution in [0.1, 0.15) is 6.42 Å². The van der Waals surface area contributed by atoms with Crippen LogP contribution in [0.3, 0.4) is 0 Å². The van der Waals surface area contributed by atoms with Crippen LogP contribution in [-0.2, 0) is 11.1 Å². The van der Waals surface area contributed by atoms with Gasteiger partial charge >= 0.3 is 0 Å². The summed E-state index contributed by atoms with van der Waals surface area (Å²) in [6, 6.07) is 0.306. The Morgan fingerprint density at radius 2 is 2.50 bits per heavy atom. The molecule has 0 radical (unpaired) electrons. The van der Waals surface area contributed by atoms with Gasteiger partial charge in [-0.3, -0.25) is 0 Å². The van der Waals surface area contributed by atoms with Gasteiger partial charge in [0.2, 0.25) is 0 Å². The molecule has 0 amide bonds. The third-order valence-corrected chi connectivity index (χ3v) is 1.96. The van der Waals surface area contributed by atoms with E-state index < -0.39 is 11.1 Å². The molecule has 0 aliphatic carbocycles. The van der Waals surface area contributed by atoms with Crippen LogP contribution < -0.4 is 5.32 Å². The van der Waals surface area contributed by atoms with E-state index in [2.05, 4.69) is 5.32 Å². The summed E-state index contributed by atoms with van der Waals surface area (Å²) in [5.74, 6) is 0.389. The molecule has 0 spiro atoms. The first-order valence-electron chi connectivity index (χ1n) is 2.60. The van der Waals surface area contributed by atoms with Crippen LogP contribution in [0.25, 0.3) is 0 Å². The molecule has 1 aliphatic rings. The lowest BCUT2D eigenvalue weighted by atomic mass is 10.1. The SMILES string of the molecule is O=S(O)CC1CCN1. The van der Waals surface area contributed by atoms with E-state index in [-0.39, 0.29) is 0 Å². The van der Waals surface area contributed by atoms with Crippen LogP contribution in [-0.4, -0.2) is 27.1 Å². The van der Waals surface area contributed by atoms with Gasteiger partial charge in [0.1, 0.15) is 0 Å². The molecule has 1 heterocycles. The topological polar surface area (TPSA) is 49.3 Å². The third-order valence-electron chi connectivity index (χ3n) is 1.27. The van der Waals surface area contributed by atoms with Gasteiger partial charge in [0, 0.05) is 6.04 Å². The van der Waals surface area contributed by atoms with Crippen molar-refractivity contribution in [3.8, 4) is 0 Å². The molecule has 1 saturated heterocycles. The Balaban J connectivity index is 2.09. The summed E-state index contributed by atoms with van der Waals surface area (Å²) in [6.07, 6.45) is 1.05. The van der Waals surface area contributed by atoms with E-state index in [0.29, 0.717) is 11.8 Å². The van der Waals surface area contributed by atoms with Crippen LogP contribution in [0, 0.1) is 0 Å². The maximum absolute atomic E-state index is 10.1. The Hall–Kier alpha value is 0.0700. The van der Waals surface area contributed by atoms with E-state index in [1.807, 2.05) is 0 Å². The van der Waals surface area contributed by atoms with E-state index in [0.717, 1.165) is 13.0 Å². The summed E-state index contributed by atoms with van der Waals surface area (Å²) in [7, 11) is 0. The molecule has 0 aromatic rings. The first kappa shape index (κ1) is 6.19. The van der Waals surface area contributed by atoms with Crippen molar-refractivity contribution in [3.63, 3.8) is 0 Å². The largest absolute Gasteiger partial charge is 0.313 e. The number of nitrogens with one attached hydrogen (secondary N) is 1. The summed E-state index contributed by atoms with van der Waals surface area (Å²) < 4.78 is 18.4. The van der Waals surface area contributed by atoms with Crippen LogP contribution in [0.4, 0.5) is 0 Å². The van der Waals surface area contributed by atoms with Crippen molar-refractivity contribution in [3.05, 3.63) is 0 Å². The summed E-state index contributed by atoms with van der Waals surface area (Å²) >= 11 is -1.61. The molecule has 2 unspecified atom stereocenters. The fourth-order valence-corrected chi connectivity index (χ4v) is 1.29. The molecule has 8 heavy (non-hydrogen) atoms. The molecule has 2 N–H and O–H groups in total. The van der Waals surface area contributed by atoms with E-state index in [1.165, 1.54) is 0 Å². The minimum atomic E-state index is -1.61. The van der Waals surface area contributed by atoms with Crippen LogP contribution in [0.2, 0.25) is 0 Å². The summed E-state index contributed by atoms with van der Waals surface area (Å²) in [5.41, 5.74) is 0. The van der Waals surface area contributed by atoms with Gasteiger partial charge in [-0.05, 0) is 13.0 Å². The Kier molecular flexibility index (Phi) is 1.99. The van der Waals surface area contributed by atoms with Crippen molar-refractivity contribution in [1.29, 1.82) is 0 Å². The second-order valence-corrected chi connectivity index (χ2v) is 2.90. The summed E-state index contributed by atoms with van der Waals surface area (Å²) in [4.78, 5) is 0. The fraction of sp³-hybridized carbons (Fsp3) is 1.00. The van der Waals surface area contributed by atoms with Crippen molar-refractivity contribution >= 4 is 11.1 Å². The van der Waals surface area contributed by atoms with Crippen molar-refractivity contribution in [2.45, 2.75) is 12.5 Å². The average molecular weight is 135 g/mol. The lowest BCUT2D eigenvalue weighted by Gasteiger charge is -2.25. The molecule has 0 aromatic heterocycles. The van der Waals surface area contributed by atoms with Gasteiger partial charge in [0.15, 0.2) is 11.1 Å². The summed E-state index contributed by atoms with van der Waals surface area (Å²) in [5, 5.41) is 3.02. The normalized spacial score (nSPS) is 31.4. The van der Waals surface area contributed by atoms with Gasteiger partial charge in [-0.25, -0.2) is 4.21 Å². The molecule has 2 atom stereocenters. The highest BCUT2D eigenvalue weighted by atomic mass is 32.2. The van der Waals surface area contributed by atoms with Crippen LogP contribution >= 0.6 is 0 Å². The molecular formula is C4H9NO2S. The van der Waals surface area contributed by atoms with Gasteiger partial charge < -0.3 is 9.87 Å². The molecule has 0 aromatic carbocycles. The van der Waals surface area contributed by atoms with Crippen molar-refractivity contribution in [2.24, 2.45) is 0 Å². The molecular weight excluding hydrogens is 126 g/mol. The van der Waals surface area contributed by atoms with Gasteiger partial charge in [-0.2, -0.15) is 0 Å². The zero-order chi connectivity index (χ0) is 5.98. The maximum Gasteiger partial charge on any atom is 0.154 e. The number of rotatable bonds is 2. The Bertz CT molecular complexity index is 102. The molecule has 3 nitrogen and oxygen atoms in total. The molecule has 1 fully saturated rings. The minimum Gasteiger partial charge on any atom is -0.313 e. The second-order valence-electron chi connectivity index (χ2n) is 1.93. The van der Waals surface area contributed by atoms with E-state index in [9.17, 15) is 4.21 Å². The zero-order valence-electron chi connectivity index (χ0n) is 4.46. The Morgan fingerprint density at radius 3 is 2.62 bits per heavy atom. The predicted octanol–water partition coefficient (Wildman–Crippen LogP) is -0.430. The molecule has 0 bridgehead atoms. The second kappa shape index (κ2) is 2.57. The minimum absolute atomic E-state index is 0.306. The lowest BCUT2D eigenvalue weighted by molar-refractivity contribution is 0.396. The number of hydrogen-bond donors (Lipinski definition) is 2. The maximum atomic E-state index is 10.1. The van der Waals surface area contributed by atoms with Gasteiger partial charge in [0.05, 0.1) is 5.75 Å². The molecule has 4 heteroatoms. The van der Waals surface area contributed by atoms with Gasteiger partial charge in [-0.15, -0.1) is 0 Å². The molecule has 0 saturated carbocycles. The average Bonchev–Trinajstić information content (AvgIpc) is 1.55. The Morgan fingerprint density at radius 1 is 1.88 bits per heavy atom. The molecule has 48 valence electrons. The summed E-state index contributed by atoms with van der Waals surface area (Å²) in [6.45, 7) is 1.00. The van der Waals surface area contributed by atoms with Gasteiger partial charge in [0.25, 0.3) is 0 Å². The molecule has 1 aliphatic heterocycles. The highest BCUT2D eigenvalue weighted by Crippen LogP contribution is 2.01. The van der Waals surface area contributed by atoms with E-state index >= 15 is 0 Å². The molecule has 1 rings (SSSR count). The predicted molar refractivity (Wildman–Crippen MR) is 32.0 cm³/mol. The quantitative estimate of drug-likeness (QED) is 0.505. The van der Waals surface area contributed by atoms with Crippen LogP contribution in [0.5, 0.6) is 0 Å². The van der Waals surface area contributed by atoms with E-state index in [1.54, 1.807) is 0 Å². The Labute approximate surface area is 50.8 Å². The van der Waals surface area contributed by atoms with Crippen LogP contribution in [0.15, 0.2) is 0 Å². The fourth-order valence-electron chi connectivity index (χ4n) is 0.663. The van der Waals surface area contributed by atoms with Crippen molar-refractivity contribution in [1.82, 2.24) is 5.32 Å². The van der Waals surface area contributed by atoms with E-state index in [4.69, 9.17) is 4.55 Å². The first-order chi connectivity index (χ1) is 3.79. The third kappa shape index (κ3) is 1.54. The first-order valence-corrected chi connectivity index (χ1v) is 3.87. The van der Waals surface area contributed by atoms with Gasteiger partial charge in [-0.1, -0.05) is 0 Å².